The third-order valence-corrected chi connectivity index (χ3v) is 3.95. The zero-order valence-electron chi connectivity index (χ0n) is 13.0. The highest BCUT2D eigenvalue weighted by atomic mass is 16.3. The number of amides is 1. The predicted octanol–water partition coefficient (Wildman–Crippen LogP) is 2.97. The molecule has 0 aliphatic carbocycles. The van der Waals surface area contributed by atoms with Gasteiger partial charge in [-0.15, -0.1) is 0 Å². The second-order valence-corrected chi connectivity index (χ2v) is 6.76. The molecule has 1 unspecified atom stereocenters. The van der Waals surface area contributed by atoms with Crippen LogP contribution in [0.3, 0.4) is 0 Å². The first-order valence-corrected chi connectivity index (χ1v) is 7.45. The third-order valence-electron chi connectivity index (χ3n) is 3.95. The van der Waals surface area contributed by atoms with Gasteiger partial charge in [0.15, 0.2) is 0 Å². The van der Waals surface area contributed by atoms with Gasteiger partial charge < -0.3 is 14.6 Å². The van der Waals surface area contributed by atoms with Crippen LogP contribution in [0.5, 0.6) is 0 Å². The van der Waals surface area contributed by atoms with E-state index >= 15 is 0 Å². The number of likely N-dealkylation sites (tertiary alicyclic amines) is 1. The maximum absolute atomic E-state index is 12.2. The van der Waals surface area contributed by atoms with Crippen molar-refractivity contribution in [3.05, 3.63) is 24.2 Å². The third kappa shape index (κ3) is 3.63. The Hall–Kier alpha value is -1.29. The van der Waals surface area contributed by atoms with Crippen LogP contribution in [0.4, 0.5) is 0 Å². The molecule has 1 fully saturated rings. The van der Waals surface area contributed by atoms with Crippen molar-refractivity contribution in [3.63, 3.8) is 0 Å². The molecule has 0 saturated carbocycles. The normalized spacial score (nSPS) is 19.1. The molecular formula is C16H26N2O2. The van der Waals surface area contributed by atoms with E-state index in [4.69, 9.17) is 4.42 Å². The Morgan fingerprint density at radius 2 is 2.05 bits per heavy atom. The van der Waals surface area contributed by atoms with Crippen LogP contribution in [0.15, 0.2) is 23.0 Å². The second-order valence-electron chi connectivity index (χ2n) is 6.76. The average Bonchev–Trinajstić information content (AvgIpc) is 2.91. The Balaban J connectivity index is 1.81. The van der Waals surface area contributed by atoms with Crippen molar-refractivity contribution >= 4 is 5.91 Å². The number of rotatable bonds is 3. The fourth-order valence-corrected chi connectivity index (χ4v) is 2.69. The summed E-state index contributed by atoms with van der Waals surface area (Å²) in [4.78, 5) is 14.2. The smallest absolute Gasteiger partial charge is 0.227 e. The van der Waals surface area contributed by atoms with Crippen LogP contribution in [0.2, 0.25) is 0 Å². The maximum Gasteiger partial charge on any atom is 0.227 e. The lowest BCUT2D eigenvalue weighted by Gasteiger charge is -2.36. The van der Waals surface area contributed by atoms with Gasteiger partial charge in [-0.25, -0.2) is 0 Å². The molecule has 1 saturated heterocycles. The Kier molecular flexibility index (Phi) is 4.53. The van der Waals surface area contributed by atoms with Crippen molar-refractivity contribution in [2.24, 2.45) is 5.41 Å². The molecule has 1 aliphatic heterocycles. The SMILES string of the molecule is CC(NC1CCN(C(=O)C(C)(C)C)CC1)c1ccoc1. The molecule has 1 atom stereocenters. The van der Waals surface area contributed by atoms with Gasteiger partial charge in [0.1, 0.15) is 0 Å². The van der Waals surface area contributed by atoms with E-state index in [1.54, 1.807) is 12.5 Å². The van der Waals surface area contributed by atoms with E-state index in [0.29, 0.717) is 12.1 Å². The van der Waals surface area contributed by atoms with Gasteiger partial charge in [-0.1, -0.05) is 20.8 Å². The number of carbonyl (C=O) groups excluding carboxylic acids is 1. The summed E-state index contributed by atoms with van der Waals surface area (Å²) in [5.41, 5.74) is 0.905. The summed E-state index contributed by atoms with van der Waals surface area (Å²) < 4.78 is 5.12. The number of nitrogens with zero attached hydrogens (tertiary/aromatic N) is 1. The Morgan fingerprint density at radius 1 is 1.40 bits per heavy atom. The van der Waals surface area contributed by atoms with Gasteiger partial charge in [0.2, 0.25) is 5.91 Å². The zero-order valence-corrected chi connectivity index (χ0v) is 13.0. The summed E-state index contributed by atoms with van der Waals surface area (Å²) in [6, 6.07) is 2.77. The van der Waals surface area contributed by atoms with Gasteiger partial charge in [0.25, 0.3) is 0 Å². The molecule has 0 radical (unpaired) electrons. The largest absolute Gasteiger partial charge is 0.472 e. The molecule has 20 heavy (non-hydrogen) atoms. The summed E-state index contributed by atoms with van der Waals surface area (Å²) >= 11 is 0. The Labute approximate surface area is 121 Å². The van der Waals surface area contributed by atoms with Crippen molar-refractivity contribution in [3.8, 4) is 0 Å². The first-order valence-electron chi connectivity index (χ1n) is 7.45. The van der Waals surface area contributed by atoms with Crippen LogP contribution in [0.25, 0.3) is 0 Å². The second kappa shape index (κ2) is 6.00. The Bertz CT molecular complexity index is 426. The molecule has 0 spiro atoms. The standard InChI is InChI=1S/C16H26N2O2/c1-12(13-7-10-20-11-13)17-14-5-8-18(9-6-14)15(19)16(2,3)4/h7,10-12,14,17H,5-6,8-9H2,1-4H3. The minimum atomic E-state index is -0.273. The van der Waals surface area contributed by atoms with Crippen LogP contribution in [0.1, 0.15) is 52.1 Å². The molecule has 0 aromatic carbocycles. The van der Waals surface area contributed by atoms with Gasteiger partial charge in [-0.2, -0.15) is 0 Å². The summed E-state index contributed by atoms with van der Waals surface area (Å²) in [6.07, 6.45) is 5.53. The molecule has 4 heteroatoms. The number of furan rings is 1. The van der Waals surface area contributed by atoms with E-state index in [-0.39, 0.29) is 11.3 Å². The van der Waals surface area contributed by atoms with Crippen molar-refractivity contribution < 1.29 is 9.21 Å². The molecule has 2 rings (SSSR count). The topological polar surface area (TPSA) is 45.5 Å². The summed E-state index contributed by atoms with van der Waals surface area (Å²) in [5, 5.41) is 3.62. The highest BCUT2D eigenvalue weighted by molar-refractivity contribution is 5.81. The number of piperidine rings is 1. The first-order chi connectivity index (χ1) is 9.38. The minimum absolute atomic E-state index is 0.263. The molecule has 1 amide bonds. The Morgan fingerprint density at radius 3 is 2.55 bits per heavy atom. The first kappa shape index (κ1) is 15.1. The molecule has 1 aliphatic rings. The summed E-state index contributed by atoms with van der Waals surface area (Å²) in [6.45, 7) is 9.82. The van der Waals surface area contributed by atoms with Gasteiger partial charge in [0, 0.05) is 36.2 Å². The van der Waals surface area contributed by atoms with Crippen molar-refractivity contribution in [2.45, 2.75) is 52.6 Å². The van der Waals surface area contributed by atoms with Crippen LogP contribution >= 0.6 is 0 Å². The average molecular weight is 278 g/mol. The lowest BCUT2D eigenvalue weighted by Crippen LogP contribution is -2.48. The van der Waals surface area contributed by atoms with Crippen LogP contribution in [-0.2, 0) is 4.79 Å². The van der Waals surface area contributed by atoms with E-state index < -0.39 is 0 Å². The lowest BCUT2D eigenvalue weighted by molar-refractivity contribution is -0.140. The van der Waals surface area contributed by atoms with Crippen LogP contribution in [0, 0.1) is 5.41 Å². The van der Waals surface area contributed by atoms with E-state index in [1.165, 1.54) is 5.56 Å². The van der Waals surface area contributed by atoms with Crippen molar-refractivity contribution in [1.29, 1.82) is 0 Å². The number of nitrogens with one attached hydrogen (secondary N) is 1. The molecule has 1 aromatic heterocycles. The van der Waals surface area contributed by atoms with E-state index in [1.807, 2.05) is 31.7 Å². The van der Waals surface area contributed by atoms with Crippen LogP contribution in [-0.4, -0.2) is 29.9 Å². The zero-order chi connectivity index (χ0) is 14.8. The molecule has 2 heterocycles. The minimum Gasteiger partial charge on any atom is -0.472 e. The van der Waals surface area contributed by atoms with Crippen molar-refractivity contribution in [1.82, 2.24) is 10.2 Å². The molecular weight excluding hydrogens is 252 g/mol. The predicted molar refractivity (Wildman–Crippen MR) is 79.3 cm³/mol. The highest BCUT2D eigenvalue weighted by Gasteiger charge is 2.30. The number of hydrogen-bond acceptors (Lipinski definition) is 3. The quantitative estimate of drug-likeness (QED) is 0.924. The lowest BCUT2D eigenvalue weighted by atomic mass is 9.93. The van der Waals surface area contributed by atoms with Crippen molar-refractivity contribution in [2.75, 3.05) is 13.1 Å². The summed E-state index contributed by atoms with van der Waals surface area (Å²) in [7, 11) is 0. The fourth-order valence-electron chi connectivity index (χ4n) is 2.69. The van der Waals surface area contributed by atoms with Gasteiger partial charge in [-0.05, 0) is 25.8 Å². The fraction of sp³-hybridized carbons (Fsp3) is 0.688. The molecule has 112 valence electrons. The van der Waals surface area contributed by atoms with E-state index in [2.05, 4.69) is 12.2 Å². The molecule has 4 nitrogen and oxygen atoms in total. The van der Waals surface area contributed by atoms with Gasteiger partial charge in [-0.3, -0.25) is 4.79 Å². The number of carbonyl (C=O) groups is 1. The van der Waals surface area contributed by atoms with E-state index in [9.17, 15) is 4.79 Å². The van der Waals surface area contributed by atoms with Gasteiger partial charge >= 0.3 is 0 Å². The maximum atomic E-state index is 12.2. The molecule has 1 N–H and O–H groups in total. The van der Waals surface area contributed by atoms with E-state index in [0.717, 1.165) is 25.9 Å². The highest BCUT2D eigenvalue weighted by Crippen LogP contribution is 2.22. The summed E-state index contributed by atoms with van der Waals surface area (Å²) in [5.74, 6) is 0.263. The monoisotopic (exact) mass is 278 g/mol. The molecule has 1 aromatic rings. The molecule has 0 bridgehead atoms. The van der Waals surface area contributed by atoms with Gasteiger partial charge in [0.05, 0.1) is 12.5 Å². The number of hydrogen-bond donors (Lipinski definition) is 1. The van der Waals surface area contributed by atoms with Crippen LogP contribution < -0.4 is 5.32 Å².